The van der Waals surface area contributed by atoms with E-state index >= 15 is 0 Å². The van der Waals surface area contributed by atoms with E-state index in [0.29, 0.717) is 11.1 Å². The van der Waals surface area contributed by atoms with Crippen LogP contribution in [0.1, 0.15) is 28.1 Å². The third kappa shape index (κ3) is 10.1. The van der Waals surface area contributed by atoms with Crippen molar-refractivity contribution in [2.45, 2.75) is 23.2 Å². The van der Waals surface area contributed by atoms with Gasteiger partial charge in [-0.2, -0.15) is 18.4 Å². The Kier molecular flexibility index (Phi) is 13.4. The Labute approximate surface area is 207 Å². The van der Waals surface area contributed by atoms with E-state index in [-0.39, 0.29) is 27.7 Å². The summed E-state index contributed by atoms with van der Waals surface area (Å²) in [7, 11) is -3.78. The van der Waals surface area contributed by atoms with Crippen molar-refractivity contribution in [1.29, 1.82) is 5.26 Å². The van der Waals surface area contributed by atoms with E-state index < -0.39 is 27.2 Å². The fourth-order valence-electron chi connectivity index (χ4n) is 2.28. The Bertz CT molecular complexity index is 1050. The number of ketones is 1. The minimum atomic E-state index is -5.08. The van der Waals surface area contributed by atoms with Crippen LogP contribution in [0.3, 0.4) is 0 Å². The predicted octanol–water partition coefficient (Wildman–Crippen LogP) is 4.58. The summed E-state index contributed by atoms with van der Waals surface area (Å²) in [4.78, 5) is 20.2. The average molecular weight is 534 g/mol. The Morgan fingerprint density at radius 2 is 1.32 bits per heavy atom. The second-order valence-electron chi connectivity index (χ2n) is 6.31. The summed E-state index contributed by atoms with van der Waals surface area (Å²) < 4.78 is 56.7. The number of Topliss-reactive ketones (excluding diaryl/α,β-unsaturated/α-hetero) is 1. The third-order valence-electron chi connectivity index (χ3n) is 3.92. The average Bonchev–Trinajstić information content (AvgIpc) is 3.35. The molecule has 1 unspecified atom stereocenters. The van der Waals surface area contributed by atoms with Crippen LogP contribution in [-0.2, 0) is 31.7 Å². The zero-order valence-electron chi connectivity index (χ0n) is 17.6. The van der Waals surface area contributed by atoms with Gasteiger partial charge in [-0.3, -0.25) is 4.79 Å². The summed E-state index contributed by atoms with van der Waals surface area (Å²) in [5, 5.41) is 15.1. The number of nitriles is 1. The number of aliphatic carboxylic acids is 1. The number of carbonyl (C=O) groups is 2. The standard InChI is InChI=1S/C16H13NO3S.C5H5.C2HF3O2.Fe/c1-12(18)13-7-9-14(10-8-13)16(11-17)21(19,20)15-5-3-2-4-6-15;1-2-4-5-3-1;3-2(4,5)1(6)7;/h2-10,16H,1H3;1-5H;(H,6,7);. The molecule has 6 nitrogen and oxygen atoms in total. The summed E-state index contributed by atoms with van der Waals surface area (Å²) in [5.74, 6) is -2.87. The normalized spacial score (nSPS) is 13.5. The first-order valence-corrected chi connectivity index (χ1v) is 10.7. The number of benzene rings is 2. The van der Waals surface area contributed by atoms with Crippen molar-refractivity contribution in [2.24, 2.45) is 0 Å². The molecule has 181 valence electrons. The fraction of sp³-hybridized carbons (Fsp3) is 0.130. The summed E-state index contributed by atoms with van der Waals surface area (Å²) in [5.41, 5.74) is 0.832. The molecular formula is C23H19F3FeNO5S. The summed E-state index contributed by atoms with van der Waals surface area (Å²) in [6, 6.07) is 15.8. The van der Waals surface area contributed by atoms with E-state index in [1.165, 1.54) is 43.3 Å². The van der Waals surface area contributed by atoms with E-state index in [1.807, 2.05) is 38.2 Å². The maximum atomic E-state index is 12.5. The summed E-state index contributed by atoms with van der Waals surface area (Å²) >= 11 is 0. The molecule has 11 heteroatoms. The molecule has 1 fully saturated rings. The number of sulfone groups is 1. The number of carboxylic acids is 1. The minimum absolute atomic E-state index is 0. The van der Waals surface area contributed by atoms with Gasteiger partial charge < -0.3 is 5.11 Å². The molecule has 1 aliphatic carbocycles. The van der Waals surface area contributed by atoms with Gasteiger partial charge in [-0.1, -0.05) is 42.5 Å². The van der Waals surface area contributed by atoms with Gasteiger partial charge in [-0.25, -0.2) is 13.2 Å². The Balaban J connectivity index is 0.000000689. The second-order valence-corrected chi connectivity index (χ2v) is 8.34. The van der Waals surface area contributed by atoms with Gasteiger partial charge in [0, 0.05) is 22.6 Å². The number of rotatable bonds is 4. The molecule has 0 aliphatic heterocycles. The van der Waals surface area contributed by atoms with E-state index in [1.54, 1.807) is 18.2 Å². The van der Waals surface area contributed by atoms with Gasteiger partial charge in [-0.05, 0) is 56.7 Å². The number of hydrogen-bond acceptors (Lipinski definition) is 5. The molecule has 0 bridgehead atoms. The molecule has 5 radical (unpaired) electrons. The molecule has 0 spiro atoms. The van der Waals surface area contributed by atoms with Gasteiger partial charge >= 0.3 is 12.1 Å². The van der Waals surface area contributed by atoms with Crippen molar-refractivity contribution in [3.8, 4) is 6.07 Å². The minimum Gasteiger partial charge on any atom is -0.475 e. The smallest absolute Gasteiger partial charge is 0.475 e. The Morgan fingerprint density at radius 1 is 0.912 bits per heavy atom. The van der Waals surface area contributed by atoms with Crippen LogP contribution < -0.4 is 0 Å². The van der Waals surface area contributed by atoms with Crippen molar-refractivity contribution in [2.75, 3.05) is 0 Å². The molecule has 2 aromatic carbocycles. The number of nitrogens with zero attached hydrogens (tertiary/aromatic N) is 1. The quantitative estimate of drug-likeness (QED) is 0.454. The van der Waals surface area contributed by atoms with Crippen molar-refractivity contribution in [1.82, 2.24) is 0 Å². The predicted molar refractivity (Wildman–Crippen MR) is 114 cm³/mol. The zero-order valence-corrected chi connectivity index (χ0v) is 19.5. The number of hydrogen-bond donors (Lipinski definition) is 1. The number of alkyl halides is 3. The molecule has 2 aromatic rings. The van der Waals surface area contributed by atoms with Gasteiger partial charge in [0.2, 0.25) is 0 Å². The van der Waals surface area contributed by atoms with Crippen molar-refractivity contribution in [3.63, 3.8) is 0 Å². The first-order valence-electron chi connectivity index (χ1n) is 9.17. The van der Waals surface area contributed by atoms with Crippen molar-refractivity contribution < 1.29 is 53.4 Å². The summed E-state index contributed by atoms with van der Waals surface area (Å²) in [6.07, 6.45) is 4.92. The van der Waals surface area contributed by atoms with Crippen molar-refractivity contribution in [3.05, 3.63) is 97.8 Å². The van der Waals surface area contributed by atoms with Crippen LogP contribution in [0.4, 0.5) is 13.2 Å². The molecular weight excluding hydrogens is 515 g/mol. The van der Waals surface area contributed by atoms with Gasteiger partial charge in [0.25, 0.3) is 0 Å². The first kappa shape index (κ1) is 31.3. The van der Waals surface area contributed by atoms with Gasteiger partial charge in [-0.15, -0.1) is 0 Å². The molecule has 0 amide bonds. The van der Waals surface area contributed by atoms with Crippen LogP contribution in [0.15, 0.2) is 59.5 Å². The summed E-state index contributed by atoms with van der Waals surface area (Å²) in [6.45, 7) is 1.43. The zero-order chi connectivity index (χ0) is 25.1. The van der Waals surface area contributed by atoms with Gasteiger partial charge in [0.05, 0.1) is 11.0 Å². The maximum Gasteiger partial charge on any atom is 0.490 e. The van der Waals surface area contributed by atoms with Crippen LogP contribution >= 0.6 is 0 Å². The largest absolute Gasteiger partial charge is 0.490 e. The topological polar surface area (TPSA) is 112 Å². The molecule has 3 rings (SSSR count). The SMILES string of the molecule is CC(=O)c1ccc(C(C#N)S(=O)(=O)c2ccccc2)cc1.O=C(O)C(F)(F)F.[CH]1[CH][CH][CH][CH]1.[Fe]. The third-order valence-corrected chi connectivity index (χ3v) is 5.84. The van der Waals surface area contributed by atoms with E-state index in [0.717, 1.165) is 0 Å². The van der Waals surface area contributed by atoms with Crippen LogP contribution in [-0.4, -0.2) is 31.5 Å². The molecule has 34 heavy (non-hydrogen) atoms. The molecule has 0 saturated heterocycles. The maximum absolute atomic E-state index is 12.5. The van der Waals surface area contributed by atoms with Crippen LogP contribution in [0.2, 0.25) is 0 Å². The Hall–Kier alpha value is -2.67. The van der Waals surface area contributed by atoms with E-state index in [4.69, 9.17) is 9.90 Å². The van der Waals surface area contributed by atoms with E-state index in [9.17, 15) is 31.6 Å². The molecule has 1 saturated carbocycles. The van der Waals surface area contributed by atoms with Crippen LogP contribution in [0.5, 0.6) is 0 Å². The fourth-order valence-corrected chi connectivity index (χ4v) is 3.75. The molecule has 1 aliphatic rings. The first-order chi connectivity index (χ1) is 15.4. The van der Waals surface area contributed by atoms with Gasteiger partial charge in [0.15, 0.2) is 20.9 Å². The monoisotopic (exact) mass is 534 g/mol. The van der Waals surface area contributed by atoms with Crippen LogP contribution in [0.25, 0.3) is 0 Å². The van der Waals surface area contributed by atoms with Crippen LogP contribution in [0, 0.1) is 43.4 Å². The number of halogens is 3. The Morgan fingerprint density at radius 3 is 1.65 bits per heavy atom. The molecule has 1 atom stereocenters. The van der Waals surface area contributed by atoms with Crippen molar-refractivity contribution >= 4 is 21.6 Å². The number of carbonyl (C=O) groups excluding carboxylic acids is 1. The number of carboxylic acid groups (broad SMARTS) is 1. The molecule has 1 N–H and O–H groups in total. The van der Waals surface area contributed by atoms with E-state index in [2.05, 4.69) is 0 Å². The molecule has 0 aromatic heterocycles. The molecule has 0 heterocycles. The van der Waals surface area contributed by atoms with Gasteiger partial charge in [0.1, 0.15) is 0 Å². The second kappa shape index (κ2) is 14.6.